The second-order valence-electron chi connectivity index (χ2n) is 5.76. The molecule has 2 heterocycles. The fourth-order valence-electron chi connectivity index (χ4n) is 3.48. The van der Waals surface area contributed by atoms with Gasteiger partial charge in [-0.2, -0.15) is 9.40 Å². The molecule has 112 valence electrons. The highest BCUT2D eigenvalue weighted by molar-refractivity contribution is 7.89. The van der Waals surface area contributed by atoms with Crippen molar-refractivity contribution in [1.82, 2.24) is 14.1 Å². The van der Waals surface area contributed by atoms with E-state index in [0.717, 1.165) is 19.3 Å². The number of nitrogens with two attached hydrogens (primary N) is 1. The summed E-state index contributed by atoms with van der Waals surface area (Å²) in [5.74, 6) is 0.644. The van der Waals surface area contributed by atoms with E-state index < -0.39 is 10.0 Å². The van der Waals surface area contributed by atoms with Gasteiger partial charge < -0.3 is 5.73 Å². The maximum absolute atomic E-state index is 12.7. The van der Waals surface area contributed by atoms with E-state index in [0.29, 0.717) is 19.0 Å². The maximum Gasteiger partial charge on any atom is 0.261 e. The van der Waals surface area contributed by atoms with Crippen LogP contribution in [0.1, 0.15) is 19.3 Å². The Bertz CT molecular complexity index is 595. The predicted molar refractivity (Wildman–Crippen MR) is 75.8 cm³/mol. The van der Waals surface area contributed by atoms with E-state index in [4.69, 9.17) is 17.3 Å². The van der Waals surface area contributed by atoms with Crippen molar-refractivity contribution in [3.05, 3.63) is 11.2 Å². The molecule has 1 aliphatic carbocycles. The molecule has 20 heavy (non-hydrogen) atoms. The molecule has 1 saturated heterocycles. The molecule has 6 nitrogen and oxygen atoms in total. The molecule has 3 unspecified atom stereocenters. The summed E-state index contributed by atoms with van der Waals surface area (Å²) in [5.41, 5.74) is 6.14. The van der Waals surface area contributed by atoms with Gasteiger partial charge in [0.15, 0.2) is 5.03 Å². The fraction of sp³-hybridized carbons (Fsp3) is 0.750. The molecular formula is C12H19ClN4O2S. The van der Waals surface area contributed by atoms with Gasteiger partial charge >= 0.3 is 0 Å². The molecule has 1 aromatic rings. The molecule has 2 aliphatic rings. The molecule has 0 aromatic carbocycles. The van der Waals surface area contributed by atoms with E-state index in [-0.39, 0.29) is 22.0 Å². The van der Waals surface area contributed by atoms with Crippen LogP contribution in [0.2, 0.25) is 5.02 Å². The zero-order valence-corrected chi connectivity index (χ0v) is 12.9. The first-order valence-corrected chi connectivity index (χ1v) is 8.66. The molecule has 2 fully saturated rings. The van der Waals surface area contributed by atoms with Gasteiger partial charge in [0.25, 0.3) is 10.0 Å². The minimum atomic E-state index is -3.59. The predicted octanol–water partition coefficient (Wildman–Crippen LogP) is 0.821. The van der Waals surface area contributed by atoms with Gasteiger partial charge in [-0.05, 0) is 24.7 Å². The molecule has 1 aromatic heterocycles. The minimum Gasteiger partial charge on any atom is -0.327 e. The third kappa shape index (κ3) is 2.16. The minimum absolute atomic E-state index is 0.0754. The third-order valence-corrected chi connectivity index (χ3v) is 6.89. The van der Waals surface area contributed by atoms with Crippen molar-refractivity contribution >= 4 is 21.6 Å². The van der Waals surface area contributed by atoms with Crippen molar-refractivity contribution in [3.63, 3.8) is 0 Å². The van der Waals surface area contributed by atoms with Gasteiger partial charge in [-0.3, -0.25) is 4.68 Å². The van der Waals surface area contributed by atoms with Crippen molar-refractivity contribution in [2.75, 3.05) is 13.1 Å². The third-order valence-electron chi connectivity index (χ3n) is 4.55. The standard InChI is InChI=1S/C12H19ClN4O2S/c1-16-12(10(13)5-15-16)20(18,19)17-6-8-3-2-4-11(14)9(8)7-17/h5,8-9,11H,2-4,6-7,14H2,1H3. The maximum atomic E-state index is 12.7. The summed E-state index contributed by atoms with van der Waals surface area (Å²) < 4.78 is 28.3. The number of halogens is 1. The van der Waals surface area contributed by atoms with Crippen molar-refractivity contribution in [3.8, 4) is 0 Å². The molecule has 3 rings (SSSR count). The zero-order chi connectivity index (χ0) is 14.5. The average Bonchev–Trinajstić information content (AvgIpc) is 2.95. The second kappa shape index (κ2) is 4.98. The average molecular weight is 319 g/mol. The van der Waals surface area contributed by atoms with Gasteiger partial charge in [0.05, 0.1) is 11.2 Å². The van der Waals surface area contributed by atoms with Gasteiger partial charge in [0, 0.05) is 26.2 Å². The lowest BCUT2D eigenvalue weighted by molar-refractivity contribution is 0.260. The number of rotatable bonds is 2. The van der Waals surface area contributed by atoms with Crippen LogP contribution < -0.4 is 5.73 Å². The highest BCUT2D eigenvalue weighted by atomic mass is 35.5. The van der Waals surface area contributed by atoms with Gasteiger partial charge in [0.1, 0.15) is 0 Å². The lowest BCUT2D eigenvalue weighted by Gasteiger charge is -2.29. The summed E-state index contributed by atoms with van der Waals surface area (Å²) in [7, 11) is -2.00. The lowest BCUT2D eigenvalue weighted by Crippen LogP contribution is -2.38. The van der Waals surface area contributed by atoms with Crippen molar-refractivity contribution in [1.29, 1.82) is 0 Å². The molecule has 1 saturated carbocycles. The molecule has 0 bridgehead atoms. The van der Waals surface area contributed by atoms with Crippen LogP contribution in [0.5, 0.6) is 0 Å². The van der Waals surface area contributed by atoms with Crippen molar-refractivity contribution in [2.24, 2.45) is 24.6 Å². The molecule has 0 spiro atoms. The topological polar surface area (TPSA) is 81.2 Å². The van der Waals surface area contributed by atoms with Gasteiger partial charge in [0.2, 0.25) is 0 Å². The Morgan fingerprint density at radius 1 is 1.40 bits per heavy atom. The van der Waals surface area contributed by atoms with Crippen LogP contribution in [0, 0.1) is 11.8 Å². The van der Waals surface area contributed by atoms with Gasteiger partial charge in [-0.25, -0.2) is 8.42 Å². The fourth-order valence-corrected chi connectivity index (χ4v) is 5.62. The van der Waals surface area contributed by atoms with E-state index in [2.05, 4.69) is 5.10 Å². The Morgan fingerprint density at radius 2 is 2.15 bits per heavy atom. The molecule has 1 aliphatic heterocycles. The van der Waals surface area contributed by atoms with E-state index >= 15 is 0 Å². The molecule has 2 N–H and O–H groups in total. The SMILES string of the molecule is Cn1ncc(Cl)c1S(=O)(=O)N1CC2CCCC(N)C2C1. The van der Waals surface area contributed by atoms with E-state index in [1.807, 2.05) is 0 Å². The molecular weight excluding hydrogens is 300 g/mol. The van der Waals surface area contributed by atoms with Crippen LogP contribution >= 0.6 is 11.6 Å². The lowest BCUT2D eigenvalue weighted by atomic mass is 9.78. The normalized spacial score (nSPS) is 31.4. The monoisotopic (exact) mass is 318 g/mol. The largest absolute Gasteiger partial charge is 0.327 e. The molecule has 0 radical (unpaired) electrons. The summed E-state index contributed by atoms with van der Waals surface area (Å²) in [6.07, 6.45) is 4.50. The van der Waals surface area contributed by atoms with Crippen LogP contribution in [-0.4, -0.2) is 41.6 Å². The quantitative estimate of drug-likeness (QED) is 0.875. The Hall–Kier alpha value is -0.630. The van der Waals surface area contributed by atoms with Crippen LogP contribution in [0.3, 0.4) is 0 Å². The number of nitrogens with zero attached hydrogens (tertiary/aromatic N) is 3. The Labute approximate surface area is 123 Å². The number of aryl methyl sites for hydroxylation is 1. The highest BCUT2D eigenvalue weighted by Crippen LogP contribution is 2.38. The summed E-state index contributed by atoms with van der Waals surface area (Å²) in [6, 6.07) is 0.107. The van der Waals surface area contributed by atoms with Crippen LogP contribution in [0.4, 0.5) is 0 Å². The van der Waals surface area contributed by atoms with Crippen molar-refractivity contribution in [2.45, 2.75) is 30.3 Å². The zero-order valence-electron chi connectivity index (χ0n) is 11.4. The second-order valence-corrected chi connectivity index (χ2v) is 8.02. The first-order chi connectivity index (χ1) is 9.41. The van der Waals surface area contributed by atoms with E-state index in [1.54, 1.807) is 7.05 Å². The Morgan fingerprint density at radius 3 is 2.75 bits per heavy atom. The highest BCUT2D eigenvalue weighted by Gasteiger charge is 2.44. The van der Waals surface area contributed by atoms with Crippen LogP contribution in [-0.2, 0) is 17.1 Å². The summed E-state index contributed by atoms with van der Waals surface area (Å²) in [4.78, 5) is 0. The number of sulfonamides is 1. The summed E-state index contributed by atoms with van der Waals surface area (Å²) in [5, 5.41) is 4.16. The number of hydrogen-bond donors (Lipinski definition) is 1. The van der Waals surface area contributed by atoms with E-state index in [1.165, 1.54) is 15.2 Å². The Balaban J connectivity index is 1.90. The number of aromatic nitrogens is 2. The molecule has 3 atom stereocenters. The smallest absolute Gasteiger partial charge is 0.261 e. The first-order valence-electron chi connectivity index (χ1n) is 6.84. The van der Waals surface area contributed by atoms with Gasteiger partial charge in [-0.15, -0.1) is 0 Å². The summed E-state index contributed by atoms with van der Waals surface area (Å²) >= 11 is 5.98. The van der Waals surface area contributed by atoms with E-state index in [9.17, 15) is 8.42 Å². The van der Waals surface area contributed by atoms with Crippen LogP contribution in [0.15, 0.2) is 11.2 Å². The molecule has 8 heteroatoms. The van der Waals surface area contributed by atoms with Crippen molar-refractivity contribution < 1.29 is 8.42 Å². The molecule has 0 amide bonds. The first kappa shape index (κ1) is 14.3. The number of fused-ring (bicyclic) bond motifs is 1. The number of hydrogen-bond acceptors (Lipinski definition) is 4. The van der Waals surface area contributed by atoms with Gasteiger partial charge in [-0.1, -0.05) is 18.0 Å². The summed E-state index contributed by atoms with van der Waals surface area (Å²) in [6.45, 7) is 1.04. The Kier molecular flexibility index (Phi) is 3.56. The van der Waals surface area contributed by atoms with Crippen LogP contribution in [0.25, 0.3) is 0 Å².